The van der Waals surface area contributed by atoms with Gasteiger partial charge >= 0.3 is 12.0 Å². The van der Waals surface area contributed by atoms with Crippen molar-refractivity contribution in [2.75, 3.05) is 33.3 Å². The van der Waals surface area contributed by atoms with Gasteiger partial charge in [0.1, 0.15) is 0 Å². The third-order valence-corrected chi connectivity index (χ3v) is 4.73. The normalized spacial score (nSPS) is 19.0. The molecule has 0 unspecified atom stereocenters. The number of likely N-dealkylation sites (N-methyl/N-ethyl adjacent to an activating group) is 2. The van der Waals surface area contributed by atoms with Crippen molar-refractivity contribution < 1.29 is 19.4 Å². The summed E-state index contributed by atoms with van der Waals surface area (Å²) in [6.45, 7) is 4.26. The molecule has 0 saturated heterocycles. The van der Waals surface area contributed by atoms with Gasteiger partial charge in [-0.05, 0) is 24.9 Å². The molecule has 2 N–H and O–H groups in total. The number of carbonyl (C=O) groups is 2. The Balaban J connectivity index is 1.60. The lowest BCUT2D eigenvalue weighted by atomic mass is 9.85. The molecule has 0 atom stereocenters. The lowest BCUT2D eigenvalue weighted by Gasteiger charge is -2.42. The Morgan fingerprint density at radius 2 is 1.96 bits per heavy atom. The average molecular weight is 363 g/mol. The van der Waals surface area contributed by atoms with Crippen LogP contribution in [0.25, 0.3) is 0 Å². The third kappa shape index (κ3) is 6.31. The highest BCUT2D eigenvalue weighted by atomic mass is 16.5. The fourth-order valence-electron chi connectivity index (χ4n) is 3.03. The number of aliphatic carboxylic acids is 1. The van der Waals surface area contributed by atoms with Crippen molar-refractivity contribution in [2.24, 2.45) is 0 Å². The van der Waals surface area contributed by atoms with Gasteiger partial charge < -0.3 is 20.1 Å². The summed E-state index contributed by atoms with van der Waals surface area (Å²) in [7, 11) is 1.75. The summed E-state index contributed by atoms with van der Waals surface area (Å²) < 4.78 is 5.60. The van der Waals surface area contributed by atoms with Gasteiger partial charge in [-0.15, -0.1) is 0 Å². The van der Waals surface area contributed by atoms with Crippen molar-refractivity contribution in [2.45, 2.75) is 38.5 Å². The van der Waals surface area contributed by atoms with Crippen molar-refractivity contribution in [1.29, 1.82) is 0 Å². The maximum absolute atomic E-state index is 12.2. The number of hydrogen-bond acceptors (Lipinski definition) is 4. The van der Waals surface area contributed by atoms with Crippen molar-refractivity contribution >= 4 is 12.0 Å². The molecule has 2 rings (SSSR count). The molecule has 0 aromatic heterocycles. The van der Waals surface area contributed by atoms with E-state index >= 15 is 0 Å². The number of carboxylic acid groups (broad SMARTS) is 1. The molecule has 144 valence electrons. The van der Waals surface area contributed by atoms with E-state index in [2.05, 4.69) is 5.32 Å². The first kappa shape index (κ1) is 20.2. The minimum absolute atomic E-state index is 0.0560. The highest BCUT2D eigenvalue weighted by Crippen LogP contribution is 2.25. The van der Waals surface area contributed by atoms with Crippen molar-refractivity contribution in [3.63, 3.8) is 0 Å². The quantitative estimate of drug-likeness (QED) is 0.619. The fourth-order valence-corrected chi connectivity index (χ4v) is 3.03. The van der Waals surface area contributed by atoms with E-state index in [9.17, 15) is 9.59 Å². The van der Waals surface area contributed by atoms with E-state index in [1.165, 1.54) is 0 Å². The van der Waals surface area contributed by atoms with Crippen LogP contribution < -0.4 is 5.32 Å². The summed E-state index contributed by atoms with van der Waals surface area (Å²) in [5.41, 5.74) is 1.11. The van der Waals surface area contributed by atoms with Crippen LogP contribution in [0.1, 0.15) is 25.3 Å². The number of ether oxygens (including phenoxy) is 1. The minimum atomic E-state index is -0.811. The number of nitrogens with zero attached hydrogens (tertiary/aromatic N) is 2. The Labute approximate surface area is 154 Å². The Bertz CT molecular complexity index is 575. The predicted molar refractivity (Wildman–Crippen MR) is 99.0 cm³/mol. The lowest BCUT2D eigenvalue weighted by molar-refractivity contribution is -0.139. The van der Waals surface area contributed by atoms with Gasteiger partial charge in [0.05, 0.1) is 19.8 Å². The van der Waals surface area contributed by atoms with Crippen LogP contribution in [-0.4, -0.2) is 72.3 Å². The van der Waals surface area contributed by atoms with Gasteiger partial charge in [-0.3, -0.25) is 9.69 Å². The van der Waals surface area contributed by atoms with Gasteiger partial charge in [0, 0.05) is 25.7 Å². The van der Waals surface area contributed by atoms with Gasteiger partial charge in [-0.2, -0.15) is 0 Å². The van der Waals surface area contributed by atoms with Crippen molar-refractivity contribution in [3.8, 4) is 0 Å². The first-order valence-corrected chi connectivity index (χ1v) is 9.08. The molecule has 26 heavy (non-hydrogen) atoms. The smallest absolute Gasteiger partial charge is 0.317 e. The summed E-state index contributed by atoms with van der Waals surface area (Å²) in [4.78, 5) is 26.6. The van der Waals surface area contributed by atoms with E-state index in [4.69, 9.17) is 9.84 Å². The van der Waals surface area contributed by atoms with E-state index in [0.717, 1.165) is 18.4 Å². The van der Waals surface area contributed by atoms with Gasteiger partial charge in [0.15, 0.2) is 0 Å². The van der Waals surface area contributed by atoms with Crippen molar-refractivity contribution in [3.05, 3.63) is 35.9 Å². The molecule has 7 nitrogen and oxygen atoms in total. The number of nitrogens with one attached hydrogen (secondary N) is 1. The molecule has 0 bridgehead atoms. The van der Waals surface area contributed by atoms with Gasteiger partial charge in [-0.25, -0.2) is 4.79 Å². The SMILES string of the molecule is CCN(CC(=O)O)C1CC(NC(=O)N(C)CCOCc2ccccc2)C1. The van der Waals surface area contributed by atoms with E-state index in [1.54, 1.807) is 11.9 Å². The summed E-state index contributed by atoms with van der Waals surface area (Å²) in [6, 6.07) is 10.2. The first-order chi connectivity index (χ1) is 12.5. The second kappa shape index (κ2) is 10.1. The van der Waals surface area contributed by atoms with Crippen LogP contribution in [0.2, 0.25) is 0 Å². The van der Waals surface area contributed by atoms with Gasteiger partial charge in [-0.1, -0.05) is 37.3 Å². The van der Waals surface area contributed by atoms with Gasteiger partial charge in [0.2, 0.25) is 0 Å². The Kier molecular flexibility index (Phi) is 7.87. The van der Waals surface area contributed by atoms with Gasteiger partial charge in [0.25, 0.3) is 0 Å². The maximum atomic E-state index is 12.2. The van der Waals surface area contributed by atoms with E-state index < -0.39 is 5.97 Å². The monoisotopic (exact) mass is 363 g/mol. The molecule has 1 saturated carbocycles. The van der Waals surface area contributed by atoms with E-state index in [-0.39, 0.29) is 24.7 Å². The number of benzene rings is 1. The zero-order chi connectivity index (χ0) is 18.9. The molecule has 0 spiro atoms. The van der Waals surface area contributed by atoms with Crippen molar-refractivity contribution in [1.82, 2.24) is 15.1 Å². The molecule has 1 aromatic rings. The van der Waals surface area contributed by atoms with Crippen LogP contribution in [-0.2, 0) is 16.1 Å². The number of carbonyl (C=O) groups excluding carboxylic acids is 1. The Morgan fingerprint density at radius 3 is 2.58 bits per heavy atom. The predicted octanol–water partition coefficient (Wildman–Crippen LogP) is 1.78. The number of amides is 2. The molecule has 7 heteroatoms. The molecular formula is C19H29N3O4. The largest absolute Gasteiger partial charge is 0.480 e. The first-order valence-electron chi connectivity index (χ1n) is 9.08. The van der Waals surface area contributed by atoms with Crippen LogP contribution in [0.15, 0.2) is 30.3 Å². The van der Waals surface area contributed by atoms with Crippen LogP contribution in [0, 0.1) is 0 Å². The lowest BCUT2D eigenvalue weighted by Crippen LogP contribution is -2.56. The zero-order valence-electron chi connectivity index (χ0n) is 15.6. The molecule has 1 aliphatic carbocycles. The van der Waals surface area contributed by atoms with Crippen LogP contribution >= 0.6 is 0 Å². The number of rotatable bonds is 10. The third-order valence-electron chi connectivity index (χ3n) is 4.73. The summed E-state index contributed by atoms with van der Waals surface area (Å²) in [6.07, 6.45) is 1.59. The second-order valence-electron chi connectivity index (χ2n) is 6.69. The summed E-state index contributed by atoms with van der Waals surface area (Å²) in [5.74, 6) is -0.811. The number of urea groups is 1. The topological polar surface area (TPSA) is 82.1 Å². The van der Waals surface area contributed by atoms with Crippen LogP contribution in [0.4, 0.5) is 4.79 Å². The molecule has 0 radical (unpaired) electrons. The fraction of sp³-hybridized carbons (Fsp3) is 0.579. The molecule has 1 fully saturated rings. The van der Waals surface area contributed by atoms with E-state index in [1.807, 2.05) is 42.2 Å². The molecule has 0 heterocycles. The zero-order valence-corrected chi connectivity index (χ0v) is 15.6. The highest BCUT2D eigenvalue weighted by molar-refractivity contribution is 5.74. The minimum Gasteiger partial charge on any atom is -0.480 e. The van der Waals surface area contributed by atoms with Crippen LogP contribution in [0.3, 0.4) is 0 Å². The Hall–Kier alpha value is -2.12. The van der Waals surface area contributed by atoms with E-state index in [0.29, 0.717) is 26.3 Å². The molecule has 1 aliphatic rings. The standard InChI is InChI=1S/C19H29N3O4/c1-3-22(13-18(23)24)17-11-16(12-17)20-19(25)21(2)9-10-26-14-15-7-5-4-6-8-15/h4-8,16-17H,3,9-14H2,1-2H3,(H,20,25)(H,23,24). The molecule has 2 amide bonds. The molecule has 0 aliphatic heterocycles. The number of hydrogen-bond donors (Lipinski definition) is 2. The highest BCUT2D eigenvalue weighted by Gasteiger charge is 2.35. The molecular weight excluding hydrogens is 334 g/mol. The number of carboxylic acids is 1. The summed E-state index contributed by atoms with van der Waals surface area (Å²) >= 11 is 0. The Morgan fingerprint density at radius 1 is 1.27 bits per heavy atom. The van der Waals surface area contributed by atoms with Crippen LogP contribution in [0.5, 0.6) is 0 Å². The molecule has 1 aromatic carbocycles. The average Bonchev–Trinajstić information content (AvgIpc) is 2.60. The summed E-state index contributed by atoms with van der Waals surface area (Å²) in [5, 5.41) is 11.9. The maximum Gasteiger partial charge on any atom is 0.317 e. The second-order valence-corrected chi connectivity index (χ2v) is 6.69.